The zero-order chi connectivity index (χ0) is 21.4. The van der Waals surface area contributed by atoms with E-state index in [1.807, 2.05) is 24.3 Å². The van der Waals surface area contributed by atoms with Gasteiger partial charge in [0, 0.05) is 31.1 Å². The molecule has 1 aliphatic heterocycles. The molecule has 2 heterocycles. The van der Waals surface area contributed by atoms with Crippen LogP contribution in [0.25, 0.3) is 10.9 Å². The number of carbonyl (C=O) groups is 1. The molecule has 0 bridgehead atoms. The summed E-state index contributed by atoms with van der Waals surface area (Å²) in [5.74, 6) is -3.27. The molecule has 6 nitrogen and oxygen atoms in total. The lowest BCUT2D eigenvalue weighted by Crippen LogP contribution is -2.46. The van der Waals surface area contributed by atoms with E-state index in [2.05, 4.69) is 15.9 Å². The van der Waals surface area contributed by atoms with Crippen molar-refractivity contribution >= 4 is 38.5 Å². The molecule has 1 aromatic carbocycles. The summed E-state index contributed by atoms with van der Waals surface area (Å²) in [7, 11) is 0. The van der Waals surface area contributed by atoms with Crippen LogP contribution in [0.1, 0.15) is 29.4 Å². The Morgan fingerprint density at radius 1 is 1.27 bits per heavy atom. The zero-order valence-corrected chi connectivity index (χ0v) is 17.3. The Balaban J connectivity index is 1.80. The van der Waals surface area contributed by atoms with Crippen molar-refractivity contribution in [1.29, 1.82) is 0 Å². The molecule has 156 valence electrons. The standard InChI is InChI=1S/C21H18BrF2N3O3/c22-15-14-13(28)7-12(20(29)30)27(11-4-5-11)18(14)17(24)19(16(15)23)26-8-10-3-1-2-6-21(10,25)9-26/h1-3,6-7,10-11H,4-5,8-9,25H2,(H,29,30). The number of fused-ring (bicyclic) bond motifs is 2. The predicted molar refractivity (Wildman–Crippen MR) is 112 cm³/mol. The normalized spacial score (nSPS) is 25.2. The Morgan fingerprint density at radius 2 is 2.00 bits per heavy atom. The number of hydrogen-bond donors (Lipinski definition) is 2. The zero-order valence-electron chi connectivity index (χ0n) is 15.7. The second kappa shape index (κ2) is 6.49. The summed E-state index contributed by atoms with van der Waals surface area (Å²) in [4.78, 5) is 25.9. The van der Waals surface area contributed by atoms with Gasteiger partial charge in [-0.2, -0.15) is 0 Å². The third-order valence-electron chi connectivity index (χ3n) is 6.17. The van der Waals surface area contributed by atoms with Crippen LogP contribution in [0.2, 0.25) is 0 Å². The van der Waals surface area contributed by atoms with Gasteiger partial charge in [-0.15, -0.1) is 0 Å². The highest BCUT2D eigenvalue weighted by Crippen LogP contribution is 2.44. The number of allylic oxidation sites excluding steroid dienone is 2. The molecule has 0 radical (unpaired) electrons. The summed E-state index contributed by atoms with van der Waals surface area (Å²) in [5, 5.41) is 9.40. The van der Waals surface area contributed by atoms with Crippen molar-refractivity contribution in [2.24, 2.45) is 11.7 Å². The van der Waals surface area contributed by atoms with Crippen LogP contribution >= 0.6 is 15.9 Å². The molecule has 0 spiro atoms. The number of aromatic nitrogens is 1. The van der Waals surface area contributed by atoms with E-state index in [-0.39, 0.29) is 45.3 Å². The van der Waals surface area contributed by atoms with Gasteiger partial charge in [-0.1, -0.05) is 24.3 Å². The van der Waals surface area contributed by atoms with Gasteiger partial charge in [-0.3, -0.25) is 4.79 Å². The highest BCUT2D eigenvalue weighted by Gasteiger charge is 2.44. The van der Waals surface area contributed by atoms with Gasteiger partial charge in [0.25, 0.3) is 0 Å². The number of halogens is 3. The number of nitrogens with two attached hydrogens (primary N) is 1. The Labute approximate surface area is 178 Å². The van der Waals surface area contributed by atoms with E-state index in [1.54, 1.807) is 0 Å². The maximum atomic E-state index is 15.9. The molecule has 0 amide bonds. The number of hydrogen-bond acceptors (Lipinski definition) is 4. The van der Waals surface area contributed by atoms with Gasteiger partial charge >= 0.3 is 5.97 Å². The summed E-state index contributed by atoms with van der Waals surface area (Å²) in [6, 6.07) is 0.688. The van der Waals surface area contributed by atoms with Crippen molar-refractivity contribution in [3.63, 3.8) is 0 Å². The summed E-state index contributed by atoms with van der Waals surface area (Å²) in [6.45, 7) is 0.492. The third-order valence-corrected chi connectivity index (χ3v) is 6.91. The number of carboxylic acids is 1. The second-order valence-corrected chi connectivity index (χ2v) is 8.95. The van der Waals surface area contributed by atoms with E-state index >= 15 is 8.78 Å². The van der Waals surface area contributed by atoms with Gasteiger partial charge in [0.15, 0.2) is 17.1 Å². The fourth-order valence-electron chi connectivity index (χ4n) is 4.57. The van der Waals surface area contributed by atoms with Crippen LogP contribution in [-0.4, -0.2) is 34.3 Å². The molecule has 3 N–H and O–H groups in total. The lowest BCUT2D eigenvalue weighted by Gasteiger charge is -2.27. The number of nitrogens with zero attached hydrogens (tertiary/aromatic N) is 2. The predicted octanol–water partition coefficient (Wildman–Crippen LogP) is 3.34. The number of benzene rings is 1. The fourth-order valence-corrected chi connectivity index (χ4v) is 5.14. The third kappa shape index (κ3) is 2.68. The van der Waals surface area contributed by atoms with E-state index in [0.29, 0.717) is 19.4 Å². The van der Waals surface area contributed by atoms with Gasteiger partial charge in [0.05, 0.1) is 20.9 Å². The van der Waals surface area contributed by atoms with E-state index in [9.17, 15) is 14.7 Å². The van der Waals surface area contributed by atoms with Crippen LogP contribution in [0.3, 0.4) is 0 Å². The number of anilines is 1. The van der Waals surface area contributed by atoms with Gasteiger partial charge in [0.1, 0.15) is 11.4 Å². The minimum atomic E-state index is -1.33. The average molecular weight is 478 g/mol. The van der Waals surface area contributed by atoms with Gasteiger partial charge in [0.2, 0.25) is 0 Å². The van der Waals surface area contributed by atoms with Gasteiger partial charge < -0.3 is 20.3 Å². The molecule has 2 fully saturated rings. The lowest BCUT2D eigenvalue weighted by atomic mass is 9.85. The van der Waals surface area contributed by atoms with Crippen LogP contribution in [0, 0.1) is 17.6 Å². The first-order valence-corrected chi connectivity index (χ1v) is 10.4. The van der Waals surface area contributed by atoms with E-state index in [4.69, 9.17) is 5.73 Å². The van der Waals surface area contributed by atoms with Crippen molar-refractivity contribution < 1.29 is 18.7 Å². The molecule has 5 rings (SSSR count). The quantitative estimate of drug-likeness (QED) is 0.661. The van der Waals surface area contributed by atoms with Gasteiger partial charge in [-0.05, 0) is 28.8 Å². The van der Waals surface area contributed by atoms with E-state index in [0.717, 1.165) is 6.07 Å². The number of pyridine rings is 1. The van der Waals surface area contributed by atoms with Crippen LogP contribution in [-0.2, 0) is 0 Å². The van der Waals surface area contributed by atoms with Crippen molar-refractivity contribution in [1.82, 2.24) is 4.57 Å². The first kappa shape index (κ1) is 19.4. The Hall–Kier alpha value is -2.52. The molecule has 2 aromatic rings. The molecular formula is C21H18BrF2N3O3. The molecule has 1 saturated heterocycles. The maximum Gasteiger partial charge on any atom is 0.352 e. The largest absolute Gasteiger partial charge is 0.477 e. The maximum absolute atomic E-state index is 15.9. The highest BCUT2D eigenvalue weighted by atomic mass is 79.9. The first-order chi connectivity index (χ1) is 14.2. The fraction of sp³-hybridized carbons (Fsp3) is 0.333. The number of carboxylic acid groups (broad SMARTS) is 1. The lowest BCUT2D eigenvalue weighted by molar-refractivity contribution is 0.0684. The van der Waals surface area contributed by atoms with Crippen LogP contribution in [0.5, 0.6) is 0 Å². The molecule has 30 heavy (non-hydrogen) atoms. The molecule has 3 aliphatic rings. The Bertz CT molecular complexity index is 1230. The van der Waals surface area contributed by atoms with Crippen LogP contribution < -0.4 is 16.1 Å². The summed E-state index contributed by atoms with van der Waals surface area (Å²) in [6.07, 6.45) is 8.73. The van der Waals surface area contributed by atoms with Crippen molar-refractivity contribution in [3.8, 4) is 0 Å². The molecular weight excluding hydrogens is 460 g/mol. The smallest absolute Gasteiger partial charge is 0.352 e. The minimum Gasteiger partial charge on any atom is -0.477 e. The van der Waals surface area contributed by atoms with Crippen LogP contribution in [0.4, 0.5) is 14.5 Å². The topological polar surface area (TPSA) is 88.6 Å². The highest BCUT2D eigenvalue weighted by molar-refractivity contribution is 9.10. The second-order valence-electron chi connectivity index (χ2n) is 8.16. The van der Waals surface area contributed by atoms with Crippen molar-refractivity contribution in [2.45, 2.75) is 24.4 Å². The van der Waals surface area contributed by atoms with Gasteiger partial charge in [-0.25, -0.2) is 13.6 Å². The molecule has 9 heteroatoms. The minimum absolute atomic E-state index is 0.119. The SMILES string of the molecule is NC12C=CC=CC1CN(c1c(F)c(Br)c3c(=O)cc(C(=O)O)n(C4CC4)c3c1F)C2. The molecule has 2 aliphatic carbocycles. The van der Waals surface area contributed by atoms with Crippen molar-refractivity contribution in [2.75, 3.05) is 18.0 Å². The molecule has 2 unspecified atom stereocenters. The molecule has 2 atom stereocenters. The van der Waals surface area contributed by atoms with E-state index < -0.39 is 28.6 Å². The van der Waals surface area contributed by atoms with Crippen LogP contribution in [0.15, 0.2) is 39.6 Å². The monoisotopic (exact) mass is 477 g/mol. The first-order valence-electron chi connectivity index (χ1n) is 9.62. The summed E-state index contributed by atoms with van der Waals surface area (Å²) in [5.41, 5.74) is 4.17. The van der Waals surface area contributed by atoms with Crippen molar-refractivity contribution in [3.05, 3.63) is 62.4 Å². The summed E-state index contributed by atoms with van der Waals surface area (Å²) < 4.78 is 32.4. The Morgan fingerprint density at radius 3 is 2.63 bits per heavy atom. The number of rotatable bonds is 3. The molecule has 1 saturated carbocycles. The molecule has 1 aromatic heterocycles. The Kier molecular flexibility index (Phi) is 4.20. The average Bonchev–Trinajstić information content (AvgIpc) is 3.46. The summed E-state index contributed by atoms with van der Waals surface area (Å²) >= 11 is 3.13. The van der Waals surface area contributed by atoms with E-state index in [1.165, 1.54) is 9.47 Å². The number of aromatic carboxylic acids is 1.